The lowest BCUT2D eigenvalue weighted by molar-refractivity contribution is 0.454. The standard InChI is InChI=1S/C17H22N2S/c1-12-9-14-5-3-4-6-16(14)19(10-12)17(13(2)18)15-7-8-20-11-15/h3-8,11-13,17H,9-10,18H2,1-2H3. The zero-order valence-corrected chi connectivity index (χ0v) is 12.9. The van der Waals surface area contributed by atoms with E-state index >= 15 is 0 Å². The van der Waals surface area contributed by atoms with E-state index < -0.39 is 0 Å². The van der Waals surface area contributed by atoms with Crippen molar-refractivity contribution in [3.63, 3.8) is 0 Å². The molecule has 2 N–H and O–H groups in total. The van der Waals surface area contributed by atoms with Gasteiger partial charge in [0.15, 0.2) is 0 Å². The van der Waals surface area contributed by atoms with Crippen LogP contribution in [0, 0.1) is 5.92 Å². The van der Waals surface area contributed by atoms with E-state index in [1.165, 1.54) is 23.2 Å². The number of anilines is 1. The third-order valence-corrected chi connectivity index (χ3v) is 4.80. The highest BCUT2D eigenvalue weighted by Crippen LogP contribution is 2.37. The second-order valence-corrected chi connectivity index (χ2v) is 6.73. The molecule has 20 heavy (non-hydrogen) atoms. The maximum atomic E-state index is 6.32. The molecule has 2 heterocycles. The van der Waals surface area contributed by atoms with Crippen molar-refractivity contribution >= 4 is 17.0 Å². The van der Waals surface area contributed by atoms with Crippen LogP contribution in [-0.2, 0) is 6.42 Å². The molecule has 0 saturated carbocycles. The fraction of sp³-hybridized carbons (Fsp3) is 0.412. The molecular weight excluding hydrogens is 264 g/mol. The average Bonchev–Trinajstić information content (AvgIpc) is 2.92. The highest BCUT2D eigenvalue weighted by Gasteiger charge is 2.30. The van der Waals surface area contributed by atoms with Crippen molar-refractivity contribution in [3.05, 3.63) is 52.2 Å². The van der Waals surface area contributed by atoms with E-state index in [2.05, 4.69) is 59.8 Å². The summed E-state index contributed by atoms with van der Waals surface area (Å²) in [4.78, 5) is 2.51. The van der Waals surface area contributed by atoms with Crippen LogP contribution < -0.4 is 10.6 Å². The fourth-order valence-electron chi connectivity index (χ4n) is 3.31. The lowest BCUT2D eigenvalue weighted by Crippen LogP contribution is -2.44. The Labute approximate surface area is 125 Å². The van der Waals surface area contributed by atoms with E-state index in [-0.39, 0.29) is 12.1 Å². The van der Waals surface area contributed by atoms with Gasteiger partial charge in [0.2, 0.25) is 0 Å². The molecule has 1 aromatic heterocycles. The first-order valence-electron chi connectivity index (χ1n) is 7.29. The smallest absolute Gasteiger partial charge is 0.0699 e. The Kier molecular flexibility index (Phi) is 3.81. The van der Waals surface area contributed by atoms with Crippen molar-refractivity contribution in [2.45, 2.75) is 32.4 Å². The first-order chi connectivity index (χ1) is 9.66. The lowest BCUT2D eigenvalue weighted by Gasteiger charge is -2.42. The molecule has 0 bridgehead atoms. The molecular formula is C17H22N2S. The molecule has 3 atom stereocenters. The van der Waals surface area contributed by atoms with Crippen molar-refractivity contribution in [3.8, 4) is 0 Å². The fourth-order valence-corrected chi connectivity index (χ4v) is 4.00. The highest BCUT2D eigenvalue weighted by atomic mass is 32.1. The van der Waals surface area contributed by atoms with Crippen LogP contribution >= 0.6 is 11.3 Å². The Balaban J connectivity index is 2.03. The zero-order valence-electron chi connectivity index (χ0n) is 12.1. The quantitative estimate of drug-likeness (QED) is 0.929. The molecule has 3 heteroatoms. The monoisotopic (exact) mass is 286 g/mol. The molecule has 2 nitrogen and oxygen atoms in total. The number of para-hydroxylation sites is 1. The van der Waals surface area contributed by atoms with Crippen molar-refractivity contribution in [2.24, 2.45) is 11.7 Å². The summed E-state index contributed by atoms with van der Waals surface area (Å²) in [6.45, 7) is 5.53. The lowest BCUT2D eigenvalue weighted by atomic mass is 9.90. The molecule has 0 fully saturated rings. The number of nitrogens with zero attached hydrogens (tertiary/aromatic N) is 1. The minimum absolute atomic E-state index is 0.114. The molecule has 1 aromatic carbocycles. The van der Waals surface area contributed by atoms with Gasteiger partial charge in [-0.05, 0) is 53.3 Å². The summed E-state index contributed by atoms with van der Waals surface area (Å²) in [5.74, 6) is 0.671. The molecule has 1 aliphatic heterocycles. The normalized spacial score (nSPS) is 21.4. The van der Waals surface area contributed by atoms with E-state index in [9.17, 15) is 0 Å². The van der Waals surface area contributed by atoms with Gasteiger partial charge in [-0.3, -0.25) is 0 Å². The van der Waals surface area contributed by atoms with Gasteiger partial charge in [-0.2, -0.15) is 11.3 Å². The van der Waals surface area contributed by atoms with Crippen LogP contribution in [0.5, 0.6) is 0 Å². The Morgan fingerprint density at radius 3 is 2.80 bits per heavy atom. The highest BCUT2D eigenvalue weighted by molar-refractivity contribution is 7.08. The van der Waals surface area contributed by atoms with Crippen LogP contribution in [0.25, 0.3) is 0 Å². The van der Waals surface area contributed by atoms with Gasteiger partial charge in [0, 0.05) is 18.3 Å². The third-order valence-electron chi connectivity index (χ3n) is 4.10. The molecule has 3 unspecified atom stereocenters. The molecule has 2 aromatic rings. The Morgan fingerprint density at radius 1 is 1.30 bits per heavy atom. The van der Waals surface area contributed by atoms with Gasteiger partial charge in [-0.25, -0.2) is 0 Å². The molecule has 0 saturated heterocycles. The molecule has 1 aliphatic rings. The van der Waals surface area contributed by atoms with Crippen molar-refractivity contribution < 1.29 is 0 Å². The number of rotatable bonds is 3. The predicted molar refractivity (Wildman–Crippen MR) is 87.4 cm³/mol. The van der Waals surface area contributed by atoms with E-state index in [0.29, 0.717) is 5.92 Å². The first kappa shape index (κ1) is 13.7. The summed E-state index contributed by atoms with van der Waals surface area (Å²) in [5.41, 5.74) is 10.5. The van der Waals surface area contributed by atoms with Gasteiger partial charge in [-0.1, -0.05) is 25.1 Å². The van der Waals surface area contributed by atoms with Crippen molar-refractivity contribution in [1.29, 1.82) is 0 Å². The maximum Gasteiger partial charge on any atom is 0.0699 e. The Morgan fingerprint density at radius 2 is 2.10 bits per heavy atom. The number of thiophene rings is 1. The van der Waals surface area contributed by atoms with Crippen LogP contribution in [-0.4, -0.2) is 12.6 Å². The van der Waals surface area contributed by atoms with E-state index in [1.54, 1.807) is 11.3 Å². The number of benzene rings is 1. The van der Waals surface area contributed by atoms with Gasteiger partial charge in [0.25, 0.3) is 0 Å². The predicted octanol–water partition coefficient (Wildman–Crippen LogP) is 3.84. The molecule has 106 valence electrons. The first-order valence-corrected chi connectivity index (χ1v) is 8.23. The van der Waals surface area contributed by atoms with Crippen molar-refractivity contribution in [2.75, 3.05) is 11.4 Å². The van der Waals surface area contributed by atoms with E-state index in [0.717, 1.165) is 6.54 Å². The van der Waals surface area contributed by atoms with Gasteiger partial charge in [0.05, 0.1) is 6.04 Å². The largest absolute Gasteiger partial charge is 0.362 e. The summed E-state index contributed by atoms with van der Waals surface area (Å²) in [5, 5.41) is 4.37. The summed E-state index contributed by atoms with van der Waals surface area (Å²) in [7, 11) is 0. The van der Waals surface area contributed by atoms with Crippen molar-refractivity contribution in [1.82, 2.24) is 0 Å². The summed E-state index contributed by atoms with van der Waals surface area (Å²) in [6, 6.07) is 11.4. The SMILES string of the molecule is CC1Cc2ccccc2N(C(c2ccsc2)C(C)N)C1. The van der Waals surface area contributed by atoms with Crippen LogP contribution in [0.3, 0.4) is 0 Å². The van der Waals surface area contributed by atoms with Crippen LogP contribution in [0.1, 0.15) is 31.0 Å². The van der Waals surface area contributed by atoms with Crippen LogP contribution in [0.4, 0.5) is 5.69 Å². The minimum atomic E-state index is 0.114. The average molecular weight is 286 g/mol. The Hall–Kier alpha value is -1.32. The van der Waals surface area contributed by atoms with Gasteiger partial charge in [-0.15, -0.1) is 0 Å². The minimum Gasteiger partial charge on any atom is -0.362 e. The second kappa shape index (κ2) is 5.58. The van der Waals surface area contributed by atoms with Gasteiger partial charge in [0.1, 0.15) is 0 Å². The third kappa shape index (κ3) is 2.48. The van der Waals surface area contributed by atoms with Gasteiger partial charge < -0.3 is 10.6 Å². The van der Waals surface area contributed by atoms with E-state index in [1.807, 2.05) is 0 Å². The molecule has 0 amide bonds. The topological polar surface area (TPSA) is 29.3 Å². The number of fused-ring (bicyclic) bond motifs is 1. The Bertz CT molecular complexity index is 562. The zero-order chi connectivity index (χ0) is 14.1. The number of nitrogens with two attached hydrogens (primary N) is 1. The van der Waals surface area contributed by atoms with E-state index in [4.69, 9.17) is 5.73 Å². The molecule has 0 radical (unpaired) electrons. The van der Waals surface area contributed by atoms with Gasteiger partial charge >= 0.3 is 0 Å². The number of hydrogen-bond donors (Lipinski definition) is 1. The molecule has 0 spiro atoms. The number of hydrogen-bond acceptors (Lipinski definition) is 3. The summed E-state index contributed by atoms with van der Waals surface area (Å²) < 4.78 is 0. The van der Waals surface area contributed by atoms with Crippen LogP contribution in [0.15, 0.2) is 41.1 Å². The molecule has 0 aliphatic carbocycles. The summed E-state index contributed by atoms with van der Waals surface area (Å²) in [6.07, 6.45) is 1.17. The summed E-state index contributed by atoms with van der Waals surface area (Å²) >= 11 is 1.75. The molecule has 3 rings (SSSR count). The second-order valence-electron chi connectivity index (χ2n) is 5.95. The maximum absolute atomic E-state index is 6.32. The van der Waals surface area contributed by atoms with Crippen LogP contribution in [0.2, 0.25) is 0 Å².